The SMILES string of the molecule is CCOC(=O)[C@@H]1CCCCN1C(=O)CN1CCC[C@@H]1Cc1ccccc1. The zero-order valence-electron chi connectivity index (χ0n) is 15.7. The lowest BCUT2D eigenvalue weighted by Crippen LogP contribution is -2.52. The lowest BCUT2D eigenvalue weighted by atomic mass is 10.0. The molecule has 1 aromatic rings. The fourth-order valence-corrected chi connectivity index (χ4v) is 4.20. The van der Waals surface area contributed by atoms with Crippen molar-refractivity contribution in [1.82, 2.24) is 9.80 Å². The normalized spacial score (nSPS) is 23.8. The van der Waals surface area contributed by atoms with Crippen molar-refractivity contribution in [2.75, 3.05) is 26.2 Å². The summed E-state index contributed by atoms with van der Waals surface area (Å²) in [7, 11) is 0. The number of hydrogen-bond donors (Lipinski definition) is 0. The summed E-state index contributed by atoms with van der Waals surface area (Å²) in [5.74, 6) is -0.175. The van der Waals surface area contributed by atoms with Gasteiger partial charge in [0.05, 0.1) is 13.2 Å². The van der Waals surface area contributed by atoms with Gasteiger partial charge in [0, 0.05) is 12.6 Å². The van der Waals surface area contributed by atoms with Gasteiger partial charge in [0.2, 0.25) is 5.91 Å². The van der Waals surface area contributed by atoms with Crippen molar-refractivity contribution >= 4 is 11.9 Å². The minimum atomic E-state index is -0.397. The Kier molecular flexibility index (Phi) is 6.67. The second-order valence-corrected chi connectivity index (χ2v) is 7.31. The molecule has 5 heteroatoms. The van der Waals surface area contributed by atoms with Crippen molar-refractivity contribution in [3.63, 3.8) is 0 Å². The molecule has 0 spiro atoms. The monoisotopic (exact) mass is 358 g/mol. The topological polar surface area (TPSA) is 49.9 Å². The van der Waals surface area contributed by atoms with Gasteiger partial charge in [0.15, 0.2) is 0 Å². The van der Waals surface area contributed by atoms with Crippen LogP contribution in [0.2, 0.25) is 0 Å². The van der Waals surface area contributed by atoms with E-state index in [0.717, 1.165) is 45.1 Å². The minimum absolute atomic E-state index is 0.0720. The highest BCUT2D eigenvalue weighted by atomic mass is 16.5. The maximum Gasteiger partial charge on any atom is 0.328 e. The van der Waals surface area contributed by atoms with Crippen molar-refractivity contribution in [3.8, 4) is 0 Å². The Morgan fingerprint density at radius 2 is 1.88 bits per heavy atom. The zero-order chi connectivity index (χ0) is 18.4. The number of likely N-dealkylation sites (tertiary alicyclic amines) is 2. The lowest BCUT2D eigenvalue weighted by Gasteiger charge is -2.36. The molecule has 2 aliphatic heterocycles. The van der Waals surface area contributed by atoms with E-state index in [4.69, 9.17) is 4.74 Å². The van der Waals surface area contributed by atoms with Gasteiger partial charge >= 0.3 is 5.97 Å². The van der Waals surface area contributed by atoms with Crippen LogP contribution in [0.1, 0.15) is 44.6 Å². The Balaban J connectivity index is 1.61. The lowest BCUT2D eigenvalue weighted by molar-refractivity contribution is -0.157. The standard InChI is InChI=1S/C21H30N2O3/c1-2-26-21(25)19-12-6-7-14-23(19)20(24)16-22-13-8-11-18(22)15-17-9-4-3-5-10-17/h3-5,9-10,18-19H,2,6-8,11-16H2,1H3/t18-,19+/m1/s1. The van der Waals surface area contributed by atoms with Crippen molar-refractivity contribution in [3.05, 3.63) is 35.9 Å². The van der Waals surface area contributed by atoms with Crippen molar-refractivity contribution in [2.45, 2.75) is 57.5 Å². The first-order valence-electron chi connectivity index (χ1n) is 9.93. The van der Waals surface area contributed by atoms with Crippen LogP contribution in [-0.2, 0) is 20.7 Å². The Hall–Kier alpha value is -1.88. The van der Waals surface area contributed by atoms with Crippen molar-refractivity contribution in [1.29, 1.82) is 0 Å². The summed E-state index contributed by atoms with van der Waals surface area (Å²) in [5, 5.41) is 0. The summed E-state index contributed by atoms with van der Waals surface area (Å²) in [6.07, 6.45) is 5.91. The van der Waals surface area contributed by atoms with Crippen LogP contribution in [0.25, 0.3) is 0 Å². The molecule has 2 atom stereocenters. The van der Waals surface area contributed by atoms with Gasteiger partial charge in [-0.1, -0.05) is 30.3 Å². The molecular weight excluding hydrogens is 328 g/mol. The highest BCUT2D eigenvalue weighted by molar-refractivity contribution is 5.85. The number of esters is 1. The van der Waals surface area contributed by atoms with E-state index in [2.05, 4.69) is 29.2 Å². The number of amides is 1. The summed E-state index contributed by atoms with van der Waals surface area (Å²) in [4.78, 5) is 29.2. The van der Waals surface area contributed by atoms with Gasteiger partial charge in [0.1, 0.15) is 6.04 Å². The predicted octanol–water partition coefficient (Wildman–Crippen LogP) is 2.64. The first-order chi connectivity index (χ1) is 12.7. The van der Waals surface area contributed by atoms with E-state index in [-0.39, 0.29) is 11.9 Å². The fourth-order valence-electron chi connectivity index (χ4n) is 4.20. The van der Waals surface area contributed by atoms with Crippen LogP contribution in [0.4, 0.5) is 0 Å². The molecule has 0 radical (unpaired) electrons. The number of nitrogens with zero attached hydrogens (tertiary/aromatic N) is 2. The average molecular weight is 358 g/mol. The summed E-state index contributed by atoms with van der Waals surface area (Å²) >= 11 is 0. The zero-order valence-corrected chi connectivity index (χ0v) is 15.7. The van der Waals surface area contributed by atoms with Crippen LogP contribution >= 0.6 is 0 Å². The van der Waals surface area contributed by atoms with E-state index >= 15 is 0 Å². The molecule has 3 rings (SSSR count). The molecule has 0 N–H and O–H groups in total. The van der Waals surface area contributed by atoms with Gasteiger partial charge in [0.25, 0.3) is 0 Å². The molecule has 2 aliphatic rings. The summed E-state index contributed by atoms with van der Waals surface area (Å²) in [5.41, 5.74) is 1.32. The Morgan fingerprint density at radius 3 is 2.65 bits per heavy atom. The Bertz CT molecular complexity index is 605. The molecule has 0 unspecified atom stereocenters. The third-order valence-corrected chi connectivity index (χ3v) is 5.53. The molecule has 0 aromatic heterocycles. The van der Waals surface area contributed by atoms with E-state index in [1.54, 1.807) is 4.90 Å². The van der Waals surface area contributed by atoms with Gasteiger partial charge in [-0.05, 0) is 57.6 Å². The molecule has 1 aromatic carbocycles. The fraction of sp³-hybridized carbons (Fsp3) is 0.619. The molecule has 1 amide bonds. The maximum absolute atomic E-state index is 12.9. The Morgan fingerprint density at radius 1 is 1.08 bits per heavy atom. The smallest absolute Gasteiger partial charge is 0.328 e. The molecule has 0 bridgehead atoms. The molecule has 26 heavy (non-hydrogen) atoms. The number of benzene rings is 1. The van der Waals surface area contributed by atoms with Crippen LogP contribution in [0.5, 0.6) is 0 Å². The maximum atomic E-state index is 12.9. The van der Waals surface area contributed by atoms with Crippen LogP contribution in [0.3, 0.4) is 0 Å². The second kappa shape index (κ2) is 9.17. The number of carbonyl (C=O) groups is 2. The minimum Gasteiger partial charge on any atom is -0.464 e. The number of carbonyl (C=O) groups excluding carboxylic acids is 2. The average Bonchev–Trinajstić information content (AvgIpc) is 3.09. The van der Waals surface area contributed by atoms with Gasteiger partial charge in [-0.3, -0.25) is 9.69 Å². The van der Waals surface area contributed by atoms with E-state index in [0.29, 0.717) is 25.7 Å². The number of hydrogen-bond acceptors (Lipinski definition) is 4. The van der Waals surface area contributed by atoms with Crippen LogP contribution in [-0.4, -0.2) is 60.0 Å². The molecular formula is C21H30N2O3. The molecule has 142 valence electrons. The quantitative estimate of drug-likeness (QED) is 0.734. The largest absolute Gasteiger partial charge is 0.464 e. The summed E-state index contributed by atoms with van der Waals surface area (Å²) < 4.78 is 5.19. The highest BCUT2D eigenvalue weighted by Crippen LogP contribution is 2.23. The van der Waals surface area contributed by atoms with E-state index in [1.807, 2.05) is 13.0 Å². The van der Waals surface area contributed by atoms with E-state index in [9.17, 15) is 9.59 Å². The number of piperidine rings is 1. The third kappa shape index (κ3) is 4.64. The number of rotatable bonds is 6. The second-order valence-electron chi connectivity index (χ2n) is 7.31. The van der Waals surface area contributed by atoms with E-state index < -0.39 is 6.04 Å². The molecule has 2 saturated heterocycles. The third-order valence-electron chi connectivity index (χ3n) is 5.53. The van der Waals surface area contributed by atoms with Crippen LogP contribution in [0.15, 0.2) is 30.3 Å². The number of ether oxygens (including phenoxy) is 1. The van der Waals surface area contributed by atoms with E-state index in [1.165, 1.54) is 5.56 Å². The van der Waals surface area contributed by atoms with Gasteiger partial charge in [-0.25, -0.2) is 4.79 Å². The first kappa shape index (κ1) is 18.9. The summed E-state index contributed by atoms with van der Waals surface area (Å²) in [6.45, 7) is 4.21. The molecule has 2 heterocycles. The molecule has 0 saturated carbocycles. The van der Waals surface area contributed by atoms with Crippen LogP contribution < -0.4 is 0 Å². The summed E-state index contributed by atoms with van der Waals surface area (Å²) in [6, 6.07) is 10.5. The first-order valence-corrected chi connectivity index (χ1v) is 9.93. The predicted molar refractivity (Wildman–Crippen MR) is 101 cm³/mol. The van der Waals surface area contributed by atoms with Crippen LogP contribution in [0, 0.1) is 0 Å². The van der Waals surface area contributed by atoms with Gasteiger partial charge < -0.3 is 9.64 Å². The molecule has 2 fully saturated rings. The molecule has 0 aliphatic carbocycles. The van der Waals surface area contributed by atoms with Crippen molar-refractivity contribution in [2.24, 2.45) is 0 Å². The highest BCUT2D eigenvalue weighted by Gasteiger charge is 2.35. The molecule has 5 nitrogen and oxygen atoms in total. The van der Waals surface area contributed by atoms with Gasteiger partial charge in [-0.2, -0.15) is 0 Å². The Labute approximate surface area is 156 Å². The van der Waals surface area contributed by atoms with Crippen molar-refractivity contribution < 1.29 is 14.3 Å². The van der Waals surface area contributed by atoms with Gasteiger partial charge in [-0.15, -0.1) is 0 Å².